The Morgan fingerprint density at radius 2 is 2.00 bits per heavy atom. The number of hydrogen-bond acceptors (Lipinski definition) is 5. The van der Waals surface area contributed by atoms with E-state index in [9.17, 15) is 18.0 Å². The molecule has 11 heteroatoms. The van der Waals surface area contributed by atoms with Gasteiger partial charge in [0.15, 0.2) is 5.69 Å². The summed E-state index contributed by atoms with van der Waals surface area (Å²) < 4.78 is 46.7. The Morgan fingerprint density at radius 3 is 2.68 bits per heavy atom. The van der Waals surface area contributed by atoms with Crippen LogP contribution in [0.3, 0.4) is 0 Å². The third-order valence-electron chi connectivity index (χ3n) is 5.17. The highest BCUT2D eigenvalue weighted by molar-refractivity contribution is 5.93. The Balaban J connectivity index is 1.60. The van der Waals surface area contributed by atoms with Crippen LogP contribution in [-0.2, 0) is 19.8 Å². The van der Waals surface area contributed by atoms with Crippen molar-refractivity contribution in [1.82, 2.24) is 29.9 Å². The number of nitrogens with zero attached hydrogens (tertiary/aromatic N) is 5. The number of fused-ring (bicyclic) bond motifs is 1. The second kappa shape index (κ2) is 7.71. The molecule has 1 N–H and O–H groups in total. The largest absolute Gasteiger partial charge is 0.481 e. The van der Waals surface area contributed by atoms with Crippen molar-refractivity contribution in [2.24, 2.45) is 7.05 Å². The normalized spacial score (nSPS) is 16.1. The summed E-state index contributed by atoms with van der Waals surface area (Å²) in [7, 11) is 2.85. The van der Waals surface area contributed by atoms with Crippen molar-refractivity contribution >= 4 is 5.91 Å². The number of rotatable bonds is 4. The molecule has 0 fully saturated rings. The van der Waals surface area contributed by atoms with Crippen LogP contribution in [-0.4, -0.2) is 37.6 Å². The Bertz CT molecular complexity index is 1130. The van der Waals surface area contributed by atoms with E-state index in [1.165, 1.54) is 14.2 Å². The van der Waals surface area contributed by atoms with Gasteiger partial charge in [0, 0.05) is 37.0 Å². The maximum absolute atomic E-state index is 12.9. The molecule has 0 aromatic carbocycles. The zero-order chi connectivity index (χ0) is 22.3. The van der Waals surface area contributed by atoms with E-state index in [-0.39, 0.29) is 11.7 Å². The summed E-state index contributed by atoms with van der Waals surface area (Å²) in [6.45, 7) is 2.54. The van der Waals surface area contributed by atoms with Crippen LogP contribution in [0.4, 0.5) is 13.2 Å². The van der Waals surface area contributed by atoms with Gasteiger partial charge in [-0.1, -0.05) is 0 Å². The summed E-state index contributed by atoms with van der Waals surface area (Å²) in [4.78, 5) is 17.0. The number of amides is 1. The third-order valence-corrected chi connectivity index (χ3v) is 5.17. The fourth-order valence-electron chi connectivity index (χ4n) is 3.71. The number of methoxy groups -OCH3 is 1. The third kappa shape index (κ3) is 4.12. The second-order valence-electron chi connectivity index (χ2n) is 7.42. The first kappa shape index (κ1) is 20.9. The molecule has 1 aliphatic heterocycles. The van der Waals surface area contributed by atoms with Crippen LogP contribution in [0.1, 0.15) is 46.5 Å². The first-order valence-electron chi connectivity index (χ1n) is 9.68. The van der Waals surface area contributed by atoms with Gasteiger partial charge in [0.25, 0.3) is 5.91 Å². The highest BCUT2D eigenvalue weighted by Gasteiger charge is 2.36. The van der Waals surface area contributed by atoms with Crippen molar-refractivity contribution < 1.29 is 22.7 Å². The molecule has 31 heavy (non-hydrogen) atoms. The van der Waals surface area contributed by atoms with Gasteiger partial charge in [-0.05, 0) is 31.9 Å². The molecular formula is C20H21F3N6O2. The maximum atomic E-state index is 12.9. The number of alkyl halides is 3. The number of aromatic nitrogens is 5. The number of ether oxygens (including phenoxy) is 1. The molecule has 1 amide bonds. The number of hydrogen-bond donors (Lipinski definition) is 1. The van der Waals surface area contributed by atoms with Gasteiger partial charge in [0.2, 0.25) is 5.88 Å². The summed E-state index contributed by atoms with van der Waals surface area (Å²) in [5.74, 6) is -0.143. The topological polar surface area (TPSA) is 86.9 Å². The van der Waals surface area contributed by atoms with E-state index in [0.717, 1.165) is 34.1 Å². The average Bonchev–Trinajstić information content (AvgIpc) is 3.31. The van der Waals surface area contributed by atoms with Gasteiger partial charge in [-0.25, -0.2) is 4.98 Å². The Labute approximate surface area is 176 Å². The number of halogens is 3. The SMILES string of the molecule is COc1cc(-c2cc3n(n2)CCCC3NC(=O)c2cc(C(F)(F)F)nn2C)cc(C)n1. The van der Waals surface area contributed by atoms with E-state index < -0.39 is 17.8 Å². The molecule has 0 spiro atoms. The van der Waals surface area contributed by atoms with Crippen LogP contribution >= 0.6 is 0 Å². The Hall–Kier alpha value is -3.37. The summed E-state index contributed by atoms with van der Waals surface area (Å²) in [6, 6.07) is 5.93. The number of aryl methyl sites for hydroxylation is 3. The van der Waals surface area contributed by atoms with Crippen molar-refractivity contribution in [2.45, 2.75) is 38.5 Å². The number of nitrogens with one attached hydrogen (secondary N) is 1. The van der Waals surface area contributed by atoms with Gasteiger partial charge in [0.05, 0.1) is 24.5 Å². The van der Waals surface area contributed by atoms with Crippen molar-refractivity contribution in [3.05, 3.63) is 47.0 Å². The molecule has 0 saturated heterocycles. The van der Waals surface area contributed by atoms with Crippen LogP contribution in [0.25, 0.3) is 11.3 Å². The van der Waals surface area contributed by atoms with Crippen molar-refractivity contribution in [1.29, 1.82) is 0 Å². The summed E-state index contributed by atoms with van der Waals surface area (Å²) in [6.07, 6.45) is -3.19. The van der Waals surface area contributed by atoms with Crippen molar-refractivity contribution in [3.63, 3.8) is 0 Å². The first-order chi connectivity index (χ1) is 14.7. The molecule has 1 unspecified atom stereocenters. The average molecular weight is 434 g/mol. The minimum atomic E-state index is -4.61. The Morgan fingerprint density at radius 1 is 1.23 bits per heavy atom. The van der Waals surface area contributed by atoms with Crippen LogP contribution < -0.4 is 10.1 Å². The fourth-order valence-corrected chi connectivity index (χ4v) is 3.71. The van der Waals surface area contributed by atoms with Crippen LogP contribution in [0.2, 0.25) is 0 Å². The fraction of sp³-hybridized carbons (Fsp3) is 0.400. The number of carbonyl (C=O) groups excluding carboxylic acids is 1. The van der Waals surface area contributed by atoms with E-state index in [1.807, 2.05) is 23.7 Å². The summed E-state index contributed by atoms with van der Waals surface area (Å²) in [5, 5.41) is 10.9. The van der Waals surface area contributed by atoms with E-state index in [4.69, 9.17) is 4.74 Å². The molecule has 164 valence electrons. The predicted molar refractivity (Wildman–Crippen MR) is 104 cm³/mol. The number of carbonyl (C=O) groups is 1. The molecule has 3 aromatic heterocycles. The van der Waals surface area contributed by atoms with Crippen LogP contribution in [0.5, 0.6) is 5.88 Å². The molecule has 1 atom stereocenters. The van der Waals surface area contributed by atoms with Gasteiger partial charge in [-0.3, -0.25) is 14.2 Å². The lowest BCUT2D eigenvalue weighted by Crippen LogP contribution is -2.33. The smallest absolute Gasteiger partial charge is 0.435 e. The van der Waals surface area contributed by atoms with Gasteiger partial charge >= 0.3 is 6.18 Å². The van der Waals surface area contributed by atoms with E-state index in [0.29, 0.717) is 24.5 Å². The lowest BCUT2D eigenvalue weighted by molar-refractivity contribution is -0.141. The molecule has 4 heterocycles. The van der Waals surface area contributed by atoms with E-state index >= 15 is 0 Å². The minimum absolute atomic E-state index is 0.154. The highest BCUT2D eigenvalue weighted by Crippen LogP contribution is 2.32. The molecule has 1 aliphatic rings. The van der Waals surface area contributed by atoms with Gasteiger partial charge in [-0.2, -0.15) is 23.4 Å². The molecule has 0 bridgehead atoms. The first-order valence-corrected chi connectivity index (χ1v) is 9.68. The van der Waals surface area contributed by atoms with Gasteiger partial charge in [0.1, 0.15) is 5.69 Å². The molecule has 3 aromatic rings. The summed E-state index contributed by atoms with van der Waals surface area (Å²) in [5.41, 5.74) is 1.86. The van der Waals surface area contributed by atoms with Crippen LogP contribution in [0.15, 0.2) is 24.3 Å². The van der Waals surface area contributed by atoms with E-state index in [2.05, 4.69) is 20.5 Å². The molecule has 4 rings (SSSR count). The minimum Gasteiger partial charge on any atom is -0.481 e. The highest BCUT2D eigenvalue weighted by atomic mass is 19.4. The lowest BCUT2D eigenvalue weighted by Gasteiger charge is -2.24. The zero-order valence-electron chi connectivity index (χ0n) is 17.2. The van der Waals surface area contributed by atoms with E-state index in [1.54, 1.807) is 6.07 Å². The predicted octanol–water partition coefficient (Wildman–Crippen LogP) is 3.28. The Kier molecular flexibility index (Phi) is 5.19. The summed E-state index contributed by atoms with van der Waals surface area (Å²) >= 11 is 0. The molecular weight excluding hydrogens is 413 g/mol. The molecule has 0 saturated carbocycles. The second-order valence-corrected chi connectivity index (χ2v) is 7.42. The quantitative estimate of drug-likeness (QED) is 0.681. The van der Waals surface area contributed by atoms with Crippen molar-refractivity contribution in [2.75, 3.05) is 7.11 Å². The molecule has 8 nitrogen and oxygen atoms in total. The maximum Gasteiger partial charge on any atom is 0.435 e. The monoisotopic (exact) mass is 434 g/mol. The molecule has 0 radical (unpaired) electrons. The lowest BCUT2D eigenvalue weighted by atomic mass is 10.0. The standard InChI is InChI=1S/C20H21F3N6O2/c1-11-7-12(8-18(24-11)31-3)14-9-15-13(5-4-6-29(15)26-14)25-19(30)16-10-17(20(21,22)23)27-28(16)2/h7-10,13H,4-6H2,1-3H3,(H,25,30). The van der Waals surface area contributed by atoms with Crippen molar-refractivity contribution in [3.8, 4) is 17.1 Å². The molecule has 0 aliphatic carbocycles. The van der Waals surface area contributed by atoms with Gasteiger partial charge in [-0.15, -0.1) is 0 Å². The van der Waals surface area contributed by atoms with Gasteiger partial charge < -0.3 is 10.1 Å². The zero-order valence-corrected chi connectivity index (χ0v) is 17.2. The van der Waals surface area contributed by atoms with Crippen LogP contribution in [0, 0.1) is 6.92 Å². The number of pyridine rings is 1.